The molecule has 0 saturated carbocycles. The monoisotopic (exact) mass is 830 g/mol. The van der Waals surface area contributed by atoms with Gasteiger partial charge in [0.25, 0.3) is 0 Å². The Balaban J connectivity index is 4.83. The number of rotatable bonds is 40. The number of aliphatic hydroxyl groups excluding tert-OH is 2. The molecular weight excluding hydrogens is 743 g/mol. The Bertz CT molecular complexity index is 1300. The van der Waals surface area contributed by atoms with Crippen LogP contribution in [0.3, 0.4) is 0 Å². The predicted octanol–water partition coefficient (Wildman–Crippen LogP) is 14.1. The second kappa shape index (κ2) is 46.3. The minimum absolute atomic E-state index is 0.00825. The quantitative estimate of drug-likeness (QED) is 0.0325. The third-order valence-electron chi connectivity index (χ3n) is 10.0. The summed E-state index contributed by atoms with van der Waals surface area (Å²) >= 11 is 0. The van der Waals surface area contributed by atoms with E-state index in [1.807, 2.05) is 79.0 Å². The smallest absolute Gasteiger partial charge is 0.306 e. The van der Waals surface area contributed by atoms with Gasteiger partial charge >= 0.3 is 5.97 Å². The topological polar surface area (TPSA) is 95.9 Å². The van der Waals surface area contributed by atoms with Crippen LogP contribution in [-0.4, -0.2) is 46.9 Å². The van der Waals surface area contributed by atoms with E-state index in [1.165, 1.54) is 51.4 Å². The molecule has 0 spiro atoms. The lowest BCUT2D eigenvalue weighted by molar-refractivity contribution is -0.151. The number of hydrogen-bond acceptors (Lipinski definition) is 5. The van der Waals surface area contributed by atoms with Crippen LogP contribution >= 0.6 is 0 Å². The van der Waals surface area contributed by atoms with Crippen LogP contribution < -0.4 is 5.32 Å². The van der Waals surface area contributed by atoms with Crippen molar-refractivity contribution in [1.82, 2.24) is 5.32 Å². The average molecular weight is 830 g/mol. The molecule has 0 fully saturated rings. The van der Waals surface area contributed by atoms with Crippen molar-refractivity contribution in [3.05, 3.63) is 122 Å². The van der Waals surface area contributed by atoms with Crippen molar-refractivity contribution in [2.24, 2.45) is 0 Å². The Morgan fingerprint density at radius 1 is 0.500 bits per heavy atom. The predicted molar refractivity (Wildman–Crippen MR) is 259 cm³/mol. The highest BCUT2D eigenvalue weighted by molar-refractivity contribution is 5.77. The molecule has 0 aliphatic carbocycles. The zero-order chi connectivity index (χ0) is 43.8. The summed E-state index contributed by atoms with van der Waals surface area (Å²) in [5.41, 5.74) is 0. The molecule has 0 saturated heterocycles. The Kier molecular flexibility index (Phi) is 43.4. The first-order valence-corrected chi connectivity index (χ1v) is 23.9. The maximum Gasteiger partial charge on any atom is 0.306 e. The van der Waals surface area contributed by atoms with Crippen molar-refractivity contribution in [3.63, 3.8) is 0 Å². The standard InChI is InChI=1S/C54H87NO5/c1-4-7-10-13-16-19-22-24-26-28-31-33-36-39-42-45-50(60-54(59)47-44-41-38-35-32-29-27-25-23-20-17-14-11-8-5-2)48-53(58)55-51(49-56)52(57)46-43-40-37-34-30-21-18-15-12-9-6-3/h7-8,10-11,13-14,16-17,19-20,22-28,31,33,36,50-52,56-57H,4-6,9,12,15,18,21,29-30,32,34-35,37-49H2,1-3H3,(H,55,58)/b10-7-,11-8+,16-13+,17-14+,22-19+,23-20+,26-24-,27-25-,31-28+,36-33+. The average Bonchev–Trinajstić information content (AvgIpc) is 3.24. The fourth-order valence-corrected chi connectivity index (χ4v) is 6.48. The Morgan fingerprint density at radius 3 is 1.40 bits per heavy atom. The molecule has 6 nitrogen and oxygen atoms in total. The largest absolute Gasteiger partial charge is 0.462 e. The third kappa shape index (κ3) is 41.0. The van der Waals surface area contributed by atoms with E-state index >= 15 is 0 Å². The molecule has 0 aliphatic rings. The summed E-state index contributed by atoms with van der Waals surface area (Å²) in [5, 5.41) is 23.7. The van der Waals surface area contributed by atoms with E-state index in [9.17, 15) is 19.8 Å². The molecule has 0 aromatic carbocycles. The molecule has 0 aromatic rings. The fraction of sp³-hybridized carbons (Fsp3) is 0.593. The number of esters is 1. The van der Waals surface area contributed by atoms with Crippen molar-refractivity contribution in [1.29, 1.82) is 0 Å². The van der Waals surface area contributed by atoms with Crippen LogP contribution in [0, 0.1) is 0 Å². The van der Waals surface area contributed by atoms with E-state index in [1.54, 1.807) is 0 Å². The number of unbranched alkanes of at least 4 members (excludes halogenated alkanes) is 16. The van der Waals surface area contributed by atoms with Gasteiger partial charge in [-0.1, -0.05) is 232 Å². The normalized spacial score (nSPS) is 14.4. The van der Waals surface area contributed by atoms with Gasteiger partial charge in [0.05, 0.1) is 25.2 Å². The zero-order valence-corrected chi connectivity index (χ0v) is 38.3. The van der Waals surface area contributed by atoms with Crippen LogP contribution in [-0.2, 0) is 14.3 Å². The molecule has 0 bridgehead atoms. The summed E-state index contributed by atoms with van der Waals surface area (Å²) in [5.74, 6) is -0.591. The summed E-state index contributed by atoms with van der Waals surface area (Å²) in [7, 11) is 0. The first-order chi connectivity index (χ1) is 29.5. The van der Waals surface area contributed by atoms with Crippen LogP contribution in [0.15, 0.2) is 122 Å². The SMILES string of the molecule is CC\C=C/C=C/C=C/C=C\C=C\C=C\CCCC(CC(=O)NC(CO)C(O)CCCCCCCCCCCCC)OC(=O)CCCCCCC\C=C/C=C/C=C/C=C/CC. The van der Waals surface area contributed by atoms with Crippen LogP contribution in [0.5, 0.6) is 0 Å². The van der Waals surface area contributed by atoms with Crippen LogP contribution in [0.4, 0.5) is 0 Å². The molecular formula is C54H87NO5. The van der Waals surface area contributed by atoms with Gasteiger partial charge in [-0.3, -0.25) is 9.59 Å². The molecule has 60 heavy (non-hydrogen) atoms. The molecule has 3 atom stereocenters. The van der Waals surface area contributed by atoms with Crippen molar-refractivity contribution in [2.75, 3.05) is 6.61 Å². The van der Waals surface area contributed by atoms with Crippen molar-refractivity contribution >= 4 is 11.9 Å². The minimum Gasteiger partial charge on any atom is -0.462 e. The molecule has 3 N–H and O–H groups in total. The zero-order valence-electron chi connectivity index (χ0n) is 38.3. The second-order valence-electron chi connectivity index (χ2n) is 15.6. The lowest BCUT2D eigenvalue weighted by atomic mass is 10.0. The maximum absolute atomic E-state index is 13.2. The molecule has 1 amide bonds. The fourth-order valence-electron chi connectivity index (χ4n) is 6.48. The first kappa shape index (κ1) is 56.3. The van der Waals surface area contributed by atoms with Crippen molar-refractivity contribution < 1.29 is 24.5 Å². The van der Waals surface area contributed by atoms with E-state index in [0.717, 1.165) is 83.5 Å². The summed E-state index contributed by atoms with van der Waals surface area (Å²) in [6.45, 7) is 6.14. The molecule has 0 aromatic heterocycles. The molecule has 0 aliphatic heterocycles. The summed E-state index contributed by atoms with van der Waals surface area (Å²) in [6, 6.07) is -0.738. The molecule has 338 valence electrons. The van der Waals surface area contributed by atoms with Crippen LogP contribution in [0.1, 0.15) is 181 Å². The van der Waals surface area contributed by atoms with Gasteiger partial charge in [0.1, 0.15) is 6.10 Å². The summed E-state index contributed by atoms with van der Waals surface area (Å²) < 4.78 is 5.87. The van der Waals surface area contributed by atoms with Gasteiger partial charge < -0.3 is 20.3 Å². The van der Waals surface area contributed by atoms with E-state index < -0.39 is 18.2 Å². The van der Waals surface area contributed by atoms with Gasteiger partial charge in [0, 0.05) is 6.42 Å². The second-order valence-corrected chi connectivity index (χ2v) is 15.6. The Morgan fingerprint density at radius 2 is 0.917 bits per heavy atom. The van der Waals surface area contributed by atoms with Crippen LogP contribution in [0.2, 0.25) is 0 Å². The highest BCUT2D eigenvalue weighted by Gasteiger charge is 2.24. The number of carbonyl (C=O) groups excluding carboxylic acids is 2. The highest BCUT2D eigenvalue weighted by atomic mass is 16.5. The van der Waals surface area contributed by atoms with Gasteiger partial charge in [0.2, 0.25) is 5.91 Å². The molecule has 6 heteroatoms. The molecule has 0 radical (unpaired) electrons. The summed E-state index contributed by atoms with van der Waals surface area (Å²) in [6.07, 6.45) is 63.9. The molecule has 0 heterocycles. The number of ether oxygens (including phenoxy) is 1. The van der Waals surface area contributed by atoms with Crippen LogP contribution in [0.25, 0.3) is 0 Å². The van der Waals surface area contributed by atoms with E-state index in [-0.39, 0.29) is 24.9 Å². The number of amides is 1. The summed E-state index contributed by atoms with van der Waals surface area (Å²) in [4.78, 5) is 26.1. The Labute approximate surface area is 368 Å². The van der Waals surface area contributed by atoms with Gasteiger partial charge in [-0.15, -0.1) is 0 Å². The number of allylic oxidation sites excluding steroid dienone is 20. The lowest BCUT2D eigenvalue weighted by Gasteiger charge is -2.24. The van der Waals surface area contributed by atoms with Crippen molar-refractivity contribution in [3.8, 4) is 0 Å². The van der Waals surface area contributed by atoms with E-state index in [4.69, 9.17) is 4.74 Å². The third-order valence-corrected chi connectivity index (χ3v) is 10.0. The highest BCUT2D eigenvalue weighted by Crippen LogP contribution is 2.16. The number of carbonyl (C=O) groups is 2. The number of hydrogen-bond donors (Lipinski definition) is 3. The Hall–Kier alpha value is -3.74. The van der Waals surface area contributed by atoms with Crippen molar-refractivity contribution in [2.45, 2.75) is 200 Å². The first-order valence-electron chi connectivity index (χ1n) is 23.9. The lowest BCUT2D eigenvalue weighted by Crippen LogP contribution is -2.46. The molecule has 0 rings (SSSR count). The van der Waals surface area contributed by atoms with Gasteiger partial charge in [0.15, 0.2) is 0 Å². The maximum atomic E-state index is 13.2. The van der Waals surface area contributed by atoms with Gasteiger partial charge in [-0.25, -0.2) is 0 Å². The van der Waals surface area contributed by atoms with Gasteiger partial charge in [-0.2, -0.15) is 0 Å². The van der Waals surface area contributed by atoms with E-state index in [0.29, 0.717) is 19.3 Å². The van der Waals surface area contributed by atoms with E-state index in [2.05, 4.69) is 68.6 Å². The number of aliphatic hydroxyl groups is 2. The minimum atomic E-state index is -0.819. The molecule has 3 unspecified atom stereocenters. The van der Waals surface area contributed by atoms with Gasteiger partial charge in [-0.05, 0) is 57.8 Å². The number of nitrogens with one attached hydrogen (secondary N) is 1.